The van der Waals surface area contributed by atoms with Gasteiger partial charge in [-0.25, -0.2) is 9.37 Å². The Morgan fingerprint density at radius 1 is 1.24 bits per heavy atom. The van der Waals surface area contributed by atoms with Crippen LogP contribution in [0.15, 0.2) is 53.6 Å². The highest BCUT2D eigenvalue weighted by Gasteiger charge is 2.21. The molecule has 3 N–H and O–H groups in total. The lowest BCUT2D eigenvalue weighted by molar-refractivity contribution is 0.0945. The largest absolute Gasteiger partial charge is 0.350 e. The fourth-order valence-corrected chi connectivity index (χ4v) is 4.51. The third-order valence-corrected chi connectivity index (χ3v) is 6.40. The Kier molecular flexibility index (Phi) is 6.95. The van der Waals surface area contributed by atoms with Crippen LogP contribution in [-0.2, 0) is 0 Å². The number of carbonyl (C=O) groups is 1. The maximum atomic E-state index is 13.3. The molecule has 11 heteroatoms. The average Bonchev–Trinajstić information content (AvgIpc) is 3.53. The monoisotopic (exact) mass is 504 g/mol. The van der Waals surface area contributed by atoms with Gasteiger partial charge in [0.25, 0.3) is 5.91 Å². The topological polar surface area (TPSA) is 121 Å². The zero-order chi connectivity index (χ0) is 25.9. The van der Waals surface area contributed by atoms with Gasteiger partial charge in [-0.2, -0.15) is 0 Å². The number of hydrogen-bond acceptors (Lipinski definition) is 7. The van der Waals surface area contributed by atoms with Gasteiger partial charge in [-0.15, -0.1) is 10.2 Å². The number of alkyl halides is 1. The van der Waals surface area contributed by atoms with Gasteiger partial charge >= 0.3 is 0 Å². The number of hydrogen-bond donors (Lipinski definition) is 3. The minimum absolute atomic E-state index is 0.174. The van der Waals surface area contributed by atoms with E-state index in [0.29, 0.717) is 66.5 Å². The van der Waals surface area contributed by atoms with Gasteiger partial charge in [-0.3, -0.25) is 14.5 Å². The van der Waals surface area contributed by atoms with Crippen LogP contribution in [0.2, 0.25) is 0 Å². The lowest BCUT2D eigenvalue weighted by Crippen LogP contribution is -2.34. The highest BCUT2D eigenvalue weighted by atomic mass is 19.1. The minimum atomic E-state index is -0.798. The Balaban J connectivity index is 1.35. The Bertz CT molecular complexity index is 1480. The van der Waals surface area contributed by atoms with E-state index in [0.717, 1.165) is 0 Å². The van der Waals surface area contributed by atoms with Crippen molar-refractivity contribution < 1.29 is 9.18 Å². The maximum absolute atomic E-state index is 13.3. The molecular weight excluding hydrogens is 475 g/mol. The first kappa shape index (κ1) is 24.6. The number of anilines is 2. The molecule has 0 spiro atoms. The Hall–Kier alpha value is -4.12. The molecule has 3 aromatic heterocycles. The zero-order valence-electron chi connectivity index (χ0n) is 20.7. The standard InChI is InChI=1S/C26H29FN8O2/c1-16(2)35-15-29-33-25(35)20-7-4-8-23(32-20)31-19-6-3-5-18-24(19)22(36)13-21(30-18)26(37)28-10-12-34-11-9-17(27)14-34/h3-8,13,15-17H,9-12,14H2,1-2H3,(H,28,37)(H,30,36)(H,31,32)/t17-/m1/s1. The van der Waals surface area contributed by atoms with Gasteiger partial charge in [0.15, 0.2) is 11.3 Å². The Morgan fingerprint density at radius 2 is 2.08 bits per heavy atom. The van der Waals surface area contributed by atoms with Gasteiger partial charge in [0.05, 0.1) is 16.6 Å². The van der Waals surface area contributed by atoms with Crippen LogP contribution in [0.25, 0.3) is 22.4 Å². The molecule has 37 heavy (non-hydrogen) atoms. The maximum Gasteiger partial charge on any atom is 0.267 e. The summed E-state index contributed by atoms with van der Waals surface area (Å²) in [5, 5.41) is 14.7. The van der Waals surface area contributed by atoms with Crippen LogP contribution < -0.4 is 16.1 Å². The van der Waals surface area contributed by atoms with E-state index >= 15 is 0 Å². The molecule has 10 nitrogen and oxygen atoms in total. The van der Waals surface area contributed by atoms with E-state index in [1.165, 1.54) is 6.07 Å². The van der Waals surface area contributed by atoms with Crippen molar-refractivity contribution in [3.8, 4) is 11.5 Å². The quantitative estimate of drug-likeness (QED) is 0.337. The normalized spacial score (nSPS) is 15.9. The third kappa shape index (κ3) is 5.36. The van der Waals surface area contributed by atoms with Gasteiger partial charge in [-0.05, 0) is 44.5 Å². The molecule has 0 aliphatic carbocycles. The molecule has 1 amide bonds. The first-order chi connectivity index (χ1) is 17.9. The molecule has 1 saturated heterocycles. The molecule has 192 valence electrons. The van der Waals surface area contributed by atoms with Gasteiger partial charge in [-0.1, -0.05) is 12.1 Å². The van der Waals surface area contributed by atoms with Crippen molar-refractivity contribution in [2.45, 2.75) is 32.5 Å². The Morgan fingerprint density at radius 3 is 2.86 bits per heavy atom. The molecule has 1 aromatic carbocycles. The van der Waals surface area contributed by atoms with Gasteiger partial charge in [0.1, 0.15) is 29.7 Å². The molecule has 1 fully saturated rings. The molecule has 0 saturated carbocycles. The lowest BCUT2D eigenvalue weighted by Gasteiger charge is -2.15. The molecule has 1 aliphatic rings. The zero-order valence-corrected chi connectivity index (χ0v) is 20.7. The number of nitrogens with one attached hydrogen (secondary N) is 3. The first-order valence-electron chi connectivity index (χ1n) is 12.3. The summed E-state index contributed by atoms with van der Waals surface area (Å²) in [7, 11) is 0. The predicted octanol–water partition coefficient (Wildman–Crippen LogP) is 3.28. The molecule has 0 unspecified atom stereocenters. The predicted molar refractivity (Wildman–Crippen MR) is 140 cm³/mol. The number of H-pyrrole nitrogens is 1. The van der Waals surface area contributed by atoms with Gasteiger partial charge in [0.2, 0.25) is 0 Å². The van der Waals surface area contributed by atoms with Crippen LogP contribution in [0.4, 0.5) is 15.9 Å². The van der Waals surface area contributed by atoms with E-state index < -0.39 is 6.17 Å². The van der Waals surface area contributed by atoms with E-state index in [-0.39, 0.29) is 23.1 Å². The van der Waals surface area contributed by atoms with Crippen molar-refractivity contribution in [2.24, 2.45) is 0 Å². The number of nitrogens with zero attached hydrogens (tertiary/aromatic N) is 5. The number of pyridine rings is 2. The van der Waals surface area contributed by atoms with Crippen LogP contribution in [0.3, 0.4) is 0 Å². The van der Waals surface area contributed by atoms with E-state index in [4.69, 9.17) is 0 Å². The number of amides is 1. The second-order valence-electron chi connectivity index (χ2n) is 9.41. The first-order valence-corrected chi connectivity index (χ1v) is 12.3. The number of rotatable bonds is 8. The second-order valence-corrected chi connectivity index (χ2v) is 9.41. The molecule has 4 heterocycles. The smallest absolute Gasteiger partial charge is 0.267 e. The fourth-order valence-electron chi connectivity index (χ4n) is 4.51. The van der Waals surface area contributed by atoms with Crippen molar-refractivity contribution in [1.82, 2.24) is 34.9 Å². The van der Waals surface area contributed by atoms with Crippen LogP contribution >= 0.6 is 0 Å². The van der Waals surface area contributed by atoms with Crippen molar-refractivity contribution in [3.05, 3.63) is 64.7 Å². The minimum Gasteiger partial charge on any atom is -0.350 e. The van der Waals surface area contributed by atoms with Crippen LogP contribution in [0, 0.1) is 0 Å². The summed E-state index contributed by atoms with van der Waals surface area (Å²) in [6.07, 6.45) is 1.40. The average molecular weight is 505 g/mol. The molecule has 5 rings (SSSR count). The highest BCUT2D eigenvalue weighted by molar-refractivity contribution is 5.98. The third-order valence-electron chi connectivity index (χ3n) is 6.40. The molecule has 0 radical (unpaired) electrons. The van der Waals surface area contributed by atoms with Crippen molar-refractivity contribution in [1.29, 1.82) is 0 Å². The number of carbonyl (C=O) groups excluding carboxylic acids is 1. The van der Waals surface area contributed by atoms with Gasteiger partial charge in [0, 0.05) is 38.3 Å². The summed E-state index contributed by atoms with van der Waals surface area (Å²) >= 11 is 0. The summed E-state index contributed by atoms with van der Waals surface area (Å²) in [5.41, 5.74) is 1.62. The van der Waals surface area contributed by atoms with Crippen LogP contribution in [0.1, 0.15) is 36.8 Å². The van der Waals surface area contributed by atoms with E-state index in [1.807, 2.05) is 35.4 Å². The van der Waals surface area contributed by atoms with Crippen molar-refractivity contribution in [3.63, 3.8) is 0 Å². The van der Waals surface area contributed by atoms with Crippen LogP contribution in [0.5, 0.6) is 0 Å². The van der Waals surface area contributed by atoms with E-state index in [2.05, 4.69) is 30.8 Å². The summed E-state index contributed by atoms with van der Waals surface area (Å²) in [5.74, 6) is 0.818. The number of fused-ring (bicyclic) bond motifs is 1. The fraction of sp³-hybridized carbons (Fsp3) is 0.346. The molecule has 1 aliphatic heterocycles. The number of aromatic nitrogens is 5. The van der Waals surface area contributed by atoms with Crippen molar-refractivity contribution >= 4 is 28.3 Å². The van der Waals surface area contributed by atoms with Crippen molar-refractivity contribution in [2.75, 3.05) is 31.5 Å². The molecular formula is C26H29FN8O2. The highest BCUT2D eigenvalue weighted by Crippen LogP contribution is 2.25. The summed E-state index contributed by atoms with van der Waals surface area (Å²) in [4.78, 5) is 35.5. The lowest BCUT2D eigenvalue weighted by atomic mass is 10.1. The summed E-state index contributed by atoms with van der Waals surface area (Å²) < 4.78 is 15.3. The number of aromatic amines is 1. The second kappa shape index (κ2) is 10.5. The SMILES string of the molecule is CC(C)n1cnnc1-c1cccc(Nc2cccc3[nH]c(C(=O)NCCN4CC[C@@H](F)C4)cc(=O)c23)n1. The number of halogens is 1. The summed E-state index contributed by atoms with van der Waals surface area (Å²) in [6.45, 7) is 6.11. The Labute approximate surface area is 212 Å². The van der Waals surface area contributed by atoms with Crippen LogP contribution in [-0.4, -0.2) is 67.9 Å². The number of benzene rings is 1. The number of likely N-dealkylation sites (tertiary alicyclic amines) is 1. The molecule has 0 bridgehead atoms. The van der Waals surface area contributed by atoms with Gasteiger partial charge < -0.3 is 20.2 Å². The summed E-state index contributed by atoms with van der Waals surface area (Å²) in [6, 6.07) is 12.3. The molecule has 1 atom stereocenters. The van der Waals surface area contributed by atoms with E-state index in [1.54, 1.807) is 30.6 Å². The molecule has 4 aromatic rings. The van der Waals surface area contributed by atoms with E-state index in [9.17, 15) is 14.0 Å².